The van der Waals surface area contributed by atoms with Gasteiger partial charge in [-0.05, 0) is 6.92 Å². The van der Waals surface area contributed by atoms with E-state index in [9.17, 15) is 0 Å². The van der Waals surface area contributed by atoms with Crippen LogP contribution in [0.3, 0.4) is 0 Å². The lowest BCUT2D eigenvalue weighted by molar-refractivity contribution is 0.239. The van der Waals surface area contributed by atoms with Crippen LogP contribution in [0.5, 0.6) is 0 Å². The fourth-order valence-electron chi connectivity index (χ4n) is 1.53. The van der Waals surface area contributed by atoms with Crippen LogP contribution in [0.25, 0.3) is 0 Å². The molecular weight excluding hydrogens is 164 g/mol. The minimum Gasteiger partial charge on any atom is -0.315 e. The van der Waals surface area contributed by atoms with Crippen LogP contribution in [-0.4, -0.2) is 32.8 Å². The normalized spacial score (nSPS) is 17.9. The van der Waals surface area contributed by atoms with E-state index in [1.165, 1.54) is 0 Å². The van der Waals surface area contributed by atoms with Crippen molar-refractivity contribution in [3.8, 4) is 0 Å². The molecule has 0 fully saturated rings. The van der Waals surface area contributed by atoms with Gasteiger partial charge >= 0.3 is 0 Å². The molecule has 13 heavy (non-hydrogen) atoms. The highest BCUT2D eigenvalue weighted by molar-refractivity contribution is 4.92. The van der Waals surface area contributed by atoms with Crippen molar-refractivity contribution in [2.75, 3.05) is 13.1 Å². The zero-order valence-electron chi connectivity index (χ0n) is 7.85. The molecule has 1 aromatic rings. The minimum absolute atomic E-state index is 0.921. The van der Waals surface area contributed by atoms with Crippen LogP contribution in [0.15, 0.2) is 18.5 Å². The molecule has 2 rings (SSSR count). The van der Waals surface area contributed by atoms with Crippen LogP contribution >= 0.6 is 0 Å². The molecule has 0 aliphatic carbocycles. The number of aromatic nitrogens is 3. The molecule has 4 heteroatoms. The second kappa shape index (κ2) is 3.70. The molecule has 1 aliphatic heterocycles. The van der Waals surface area contributed by atoms with E-state index in [0.29, 0.717) is 0 Å². The van der Waals surface area contributed by atoms with Gasteiger partial charge in [0.2, 0.25) is 0 Å². The van der Waals surface area contributed by atoms with Crippen molar-refractivity contribution in [1.82, 2.24) is 19.7 Å². The van der Waals surface area contributed by atoms with Crippen molar-refractivity contribution in [3.63, 3.8) is 0 Å². The van der Waals surface area contributed by atoms with Gasteiger partial charge in [-0.15, -0.1) is 10.2 Å². The Morgan fingerprint density at radius 2 is 2.46 bits per heavy atom. The molecule has 0 amide bonds. The third kappa shape index (κ3) is 1.78. The van der Waals surface area contributed by atoms with E-state index in [-0.39, 0.29) is 0 Å². The summed E-state index contributed by atoms with van der Waals surface area (Å²) >= 11 is 0. The van der Waals surface area contributed by atoms with Gasteiger partial charge in [-0.3, -0.25) is 4.90 Å². The van der Waals surface area contributed by atoms with Gasteiger partial charge in [-0.2, -0.15) is 0 Å². The molecule has 0 bridgehead atoms. The van der Waals surface area contributed by atoms with Crippen LogP contribution in [0.4, 0.5) is 0 Å². The average Bonchev–Trinajstić information content (AvgIpc) is 2.61. The van der Waals surface area contributed by atoms with Crippen molar-refractivity contribution in [1.29, 1.82) is 0 Å². The molecule has 0 spiro atoms. The van der Waals surface area contributed by atoms with E-state index < -0.39 is 0 Å². The Kier molecular flexibility index (Phi) is 2.40. The van der Waals surface area contributed by atoms with Crippen molar-refractivity contribution in [2.24, 2.45) is 0 Å². The SMILES string of the molecule is C/C=C/CN1CCn2cnnc2C1. The molecule has 4 nitrogen and oxygen atoms in total. The van der Waals surface area contributed by atoms with Gasteiger partial charge in [0.25, 0.3) is 0 Å². The molecule has 0 aromatic carbocycles. The predicted octanol–water partition coefficient (Wildman–Crippen LogP) is 0.670. The predicted molar refractivity (Wildman–Crippen MR) is 50.1 cm³/mol. The summed E-state index contributed by atoms with van der Waals surface area (Å²) in [6.07, 6.45) is 6.06. The first-order valence-electron chi connectivity index (χ1n) is 4.60. The number of rotatable bonds is 2. The van der Waals surface area contributed by atoms with E-state index in [0.717, 1.165) is 32.0 Å². The zero-order valence-corrected chi connectivity index (χ0v) is 7.85. The lowest BCUT2D eigenvalue weighted by Crippen LogP contribution is -2.33. The molecule has 0 N–H and O–H groups in total. The van der Waals surface area contributed by atoms with Crippen LogP contribution in [0.2, 0.25) is 0 Å². The molecule has 0 radical (unpaired) electrons. The molecule has 0 saturated heterocycles. The highest BCUT2D eigenvalue weighted by Gasteiger charge is 2.15. The smallest absolute Gasteiger partial charge is 0.147 e. The first-order chi connectivity index (χ1) is 6.40. The summed E-state index contributed by atoms with van der Waals surface area (Å²) in [5, 5.41) is 7.95. The summed E-state index contributed by atoms with van der Waals surface area (Å²) in [5.74, 6) is 1.08. The molecule has 1 aliphatic rings. The van der Waals surface area contributed by atoms with Gasteiger partial charge < -0.3 is 4.57 Å². The quantitative estimate of drug-likeness (QED) is 0.624. The third-order valence-corrected chi connectivity index (χ3v) is 2.32. The van der Waals surface area contributed by atoms with E-state index in [4.69, 9.17) is 0 Å². The molecule has 2 heterocycles. The Labute approximate surface area is 77.9 Å². The van der Waals surface area contributed by atoms with Crippen LogP contribution < -0.4 is 0 Å². The Hall–Kier alpha value is -1.16. The van der Waals surface area contributed by atoms with Gasteiger partial charge in [0.05, 0.1) is 6.54 Å². The summed E-state index contributed by atoms with van der Waals surface area (Å²) < 4.78 is 2.12. The summed E-state index contributed by atoms with van der Waals surface area (Å²) in [6, 6.07) is 0. The van der Waals surface area contributed by atoms with Crippen molar-refractivity contribution in [2.45, 2.75) is 20.0 Å². The molecule has 0 saturated carbocycles. The van der Waals surface area contributed by atoms with E-state index in [2.05, 4.69) is 31.8 Å². The minimum atomic E-state index is 0.921. The van der Waals surface area contributed by atoms with Gasteiger partial charge in [0.1, 0.15) is 12.2 Å². The molecule has 1 aromatic heterocycles. The van der Waals surface area contributed by atoms with Gasteiger partial charge in [0, 0.05) is 19.6 Å². The number of allylic oxidation sites excluding steroid dienone is 1. The largest absolute Gasteiger partial charge is 0.315 e. The first-order valence-corrected chi connectivity index (χ1v) is 4.60. The molecule has 0 atom stereocenters. The average molecular weight is 178 g/mol. The number of nitrogens with zero attached hydrogens (tertiary/aromatic N) is 4. The summed E-state index contributed by atoms with van der Waals surface area (Å²) in [6.45, 7) is 6.09. The second-order valence-electron chi connectivity index (χ2n) is 3.24. The third-order valence-electron chi connectivity index (χ3n) is 2.32. The van der Waals surface area contributed by atoms with Crippen LogP contribution in [0.1, 0.15) is 12.7 Å². The Morgan fingerprint density at radius 1 is 1.54 bits per heavy atom. The lowest BCUT2D eigenvalue weighted by Gasteiger charge is -2.25. The van der Waals surface area contributed by atoms with Crippen molar-refractivity contribution in [3.05, 3.63) is 24.3 Å². The van der Waals surface area contributed by atoms with Crippen molar-refractivity contribution >= 4 is 0 Å². The number of fused-ring (bicyclic) bond motifs is 1. The Balaban J connectivity index is 2.00. The maximum Gasteiger partial charge on any atom is 0.147 e. The molecular formula is C9H14N4. The maximum atomic E-state index is 4.06. The molecule has 0 unspecified atom stereocenters. The standard InChI is InChI=1S/C9H14N4/c1-2-3-4-12-5-6-13-8-10-11-9(13)7-12/h2-3,8H,4-7H2,1H3/b3-2+. The van der Waals surface area contributed by atoms with Crippen LogP contribution in [-0.2, 0) is 13.1 Å². The highest BCUT2D eigenvalue weighted by Crippen LogP contribution is 2.07. The number of hydrogen-bond donors (Lipinski definition) is 0. The van der Waals surface area contributed by atoms with E-state index >= 15 is 0 Å². The van der Waals surface area contributed by atoms with Crippen LogP contribution in [0, 0.1) is 0 Å². The van der Waals surface area contributed by atoms with E-state index in [1.807, 2.05) is 13.3 Å². The summed E-state index contributed by atoms with van der Waals surface area (Å²) in [7, 11) is 0. The van der Waals surface area contributed by atoms with Gasteiger partial charge in [0.15, 0.2) is 0 Å². The van der Waals surface area contributed by atoms with Gasteiger partial charge in [-0.1, -0.05) is 12.2 Å². The Bertz CT molecular complexity index is 302. The Morgan fingerprint density at radius 3 is 3.31 bits per heavy atom. The highest BCUT2D eigenvalue weighted by atomic mass is 15.3. The van der Waals surface area contributed by atoms with Gasteiger partial charge in [-0.25, -0.2) is 0 Å². The second-order valence-corrected chi connectivity index (χ2v) is 3.24. The summed E-state index contributed by atoms with van der Waals surface area (Å²) in [4.78, 5) is 2.37. The fourth-order valence-corrected chi connectivity index (χ4v) is 1.53. The molecule has 70 valence electrons. The fraction of sp³-hybridized carbons (Fsp3) is 0.556. The summed E-state index contributed by atoms with van der Waals surface area (Å²) in [5.41, 5.74) is 0. The lowest BCUT2D eigenvalue weighted by atomic mass is 10.3. The van der Waals surface area contributed by atoms with Crippen molar-refractivity contribution < 1.29 is 0 Å². The monoisotopic (exact) mass is 178 g/mol. The maximum absolute atomic E-state index is 4.06. The topological polar surface area (TPSA) is 34.0 Å². The van der Waals surface area contributed by atoms with E-state index in [1.54, 1.807) is 0 Å². The zero-order chi connectivity index (χ0) is 9.10. The first kappa shape index (κ1) is 8.44. The number of hydrogen-bond acceptors (Lipinski definition) is 3.